The Morgan fingerprint density at radius 1 is 1.40 bits per heavy atom. The summed E-state index contributed by atoms with van der Waals surface area (Å²) in [4.78, 5) is 0. The predicted octanol–water partition coefficient (Wildman–Crippen LogP) is 1.40. The van der Waals surface area contributed by atoms with Gasteiger partial charge in [0, 0.05) is 13.0 Å². The summed E-state index contributed by atoms with van der Waals surface area (Å²) in [5.74, 6) is 0.273. The third kappa shape index (κ3) is 3.29. The van der Waals surface area contributed by atoms with Crippen molar-refractivity contribution >= 4 is 5.84 Å². The molecular formula is C15H23N3O2. The van der Waals surface area contributed by atoms with Crippen LogP contribution in [-0.2, 0) is 5.54 Å². The lowest BCUT2D eigenvalue weighted by Crippen LogP contribution is -2.46. The first kappa shape index (κ1) is 14.8. The summed E-state index contributed by atoms with van der Waals surface area (Å²) in [5, 5.41) is 24.9. The highest BCUT2D eigenvalue weighted by molar-refractivity contribution is 5.80. The summed E-state index contributed by atoms with van der Waals surface area (Å²) in [6, 6.07) is 9.91. The molecule has 1 fully saturated rings. The maximum Gasteiger partial charge on any atom is 0.139 e. The fraction of sp³-hybridized carbons (Fsp3) is 0.533. The normalized spacial score (nSPS) is 20.4. The highest BCUT2D eigenvalue weighted by Crippen LogP contribution is 2.48. The van der Waals surface area contributed by atoms with Gasteiger partial charge in [0.1, 0.15) is 5.84 Å². The number of hydrogen-bond donors (Lipinski definition) is 4. The molecule has 0 aromatic heterocycles. The van der Waals surface area contributed by atoms with Crippen molar-refractivity contribution < 1.29 is 10.3 Å². The van der Waals surface area contributed by atoms with Gasteiger partial charge in [-0.25, -0.2) is 0 Å². The zero-order valence-electron chi connectivity index (χ0n) is 11.8. The van der Waals surface area contributed by atoms with Crippen molar-refractivity contribution in [3.63, 3.8) is 0 Å². The molecule has 0 bridgehead atoms. The zero-order chi connectivity index (χ0) is 14.6. The Morgan fingerprint density at radius 3 is 2.55 bits per heavy atom. The fourth-order valence-electron chi connectivity index (χ4n) is 2.45. The summed E-state index contributed by atoms with van der Waals surface area (Å²) in [7, 11) is 0. The minimum Gasteiger partial charge on any atom is -0.409 e. The molecule has 1 atom stereocenters. The van der Waals surface area contributed by atoms with Crippen LogP contribution >= 0.6 is 0 Å². The number of oxime groups is 1. The lowest BCUT2D eigenvalue weighted by Gasteiger charge is -2.31. The molecule has 0 radical (unpaired) electrons. The van der Waals surface area contributed by atoms with E-state index in [0.29, 0.717) is 6.42 Å². The quantitative estimate of drug-likeness (QED) is 0.262. The second kappa shape index (κ2) is 5.81. The van der Waals surface area contributed by atoms with E-state index in [1.165, 1.54) is 0 Å². The zero-order valence-corrected chi connectivity index (χ0v) is 11.8. The van der Waals surface area contributed by atoms with Crippen LogP contribution in [0.5, 0.6) is 0 Å². The summed E-state index contributed by atoms with van der Waals surface area (Å²) in [6.07, 6.45) is 2.71. The van der Waals surface area contributed by atoms with Gasteiger partial charge in [0.05, 0.1) is 12.1 Å². The Hall–Kier alpha value is -1.59. The van der Waals surface area contributed by atoms with Gasteiger partial charge in [-0.2, -0.15) is 0 Å². The van der Waals surface area contributed by atoms with E-state index >= 15 is 0 Å². The van der Waals surface area contributed by atoms with E-state index in [2.05, 4.69) is 10.5 Å². The minimum atomic E-state index is -0.470. The van der Waals surface area contributed by atoms with Crippen molar-refractivity contribution in [1.82, 2.24) is 5.32 Å². The molecule has 2 rings (SSSR count). The number of rotatable bonds is 7. The van der Waals surface area contributed by atoms with Crippen molar-refractivity contribution in [2.24, 2.45) is 16.3 Å². The van der Waals surface area contributed by atoms with Crippen LogP contribution < -0.4 is 11.1 Å². The number of aliphatic hydroxyl groups is 1. The number of benzene rings is 1. The van der Waals surface area contributed by atoms with Crippen LogP contribution in [0.25, 0.3) is 0 Å². The third-order valence-corrected chi connectivity index (χ3v) is 4.22. The number of nitrogens with two attached hydrogens (primary N) is 1. The first-order valence-corrected chi connectivity index (χ1v) is 6.91. The maximum absolute atomic E-state index is 9.73. The molecule has 0 heterocycles. The van der Waals surface area contributed by atoms with E-state index < -0.39 is 5.54 Å². The SMILES string of the molecule is CC(CO)(NCC1(C/C(N)=N/O)CC1)c1ccccc1. The molecular weight excluding hydrogens is 254 g/mol. The highest BCUT2D eigenvalue weighted by Gasteiger charge is 2.44. The molecule has 1 aliphatic carbocycles. The van der Waals surface area contributed by atoms with Crippen molar-refractivity contribution in [3.8, 4) is 0 Å². The van der Waals surface area contributed by atoms with Gasteiger partial charge in [-0.1, -0.05) is 35.5 Å². The van der Waals surface area contributed by atoms with Crippen molar-refractivity contribution in [3.05, 3.63) is 35.9 Å². The van der Waals surface area contributed by atoms with Gasteiger partial charge in [0.2, 0.25) is 0 Å². The number of nitrogens with one attached hydrogen (secondary N) is 1. The van der Waals surface area contributed by atoms with Crippen LogP contribution in [0.3, 0.4) is 0 Å². The van der Waals surface area contributed by atoms with Crippen LogP contribution in [-0.4, -0.2) is 29.3 Å². The maximum atomic E-state index is 9.73. The second-order valence-electron chi connectivity index (χ2n) is 5.98. The molecule has 1 aliphatic rings. The Morgan fingerprint density at radius 2 is 2.05 bits per heavy atom. The van der Waals surface area contributed by atoms with Crippen molar-refractivity contribution in [1.29, 1.82) is 0 Å². The average molecular weight is 277 g/mol. The van der Waals surface area contributed by atoms with Crippen LogP contribution in [0.4, 0.5) is 0 Å². The first-order valence-electron chi connectivity index (χ1n) is 6.91. The summed E-state index contributed by atoms with van der Waals surface area (Å²) in [6.45, 7) is 2.76. The molecule has 0 amide bonds. The van der Waals surface area contributed by atoms with Crippen LogP contribution in [0.2, 0.25) is 0 Å². The molecule has 5 heteroatoms. The molecule has 5 N–H and O–H groups in total. The standard InChI is InChI=1S/C15H23N3O2/c1-14(11-19,12-5-3-2-4-6-12)17-10-15(7-8-15)9-13(16)18-20/h2-6,17,19-20H,7-11H2,1H3,(H2,16,18). The van der Waals surface area contributed by atoms with E-state index in [0.717, 1.165) is 24.9 Å². The largest absolute Gasteiger partial charge is 0.409 e. The van der Waals surface area contributed by atoms with Gasteiger partial charge in [0.25, 0.3) is 0 Å². The van der Waals surface area contributed by atoms with Crippen molar-refractivity contribution in [2.45, 2.75) is 31.7 Å². The van der Waals surface area contributed by atoms with Crippen molar-refractivity contribution in [2.75, 3.05) is 13.2 Å². The van der Waals surface area contributed by atoms with E-state index in [1.54, 1.807) is 0 Å². The van der Waals surface area contributed by atoms with Crippen LogP contribution in [0.1, 0.15) is 31.7 Å². The van der Waals surface area contributed by atoms with Gasteiger partial charge in [0.15, 0.2) is 0 Å². The van der Waals surface area contributed by atoms with Crippen LogP contribution in [0.15, 0.2) is 35.5 Å². The van der Waals surface area contributed by atoms with E-state index in [9.17, 15) is 5.11 Å². The molecule has 110 valence electrons. The number of hydrogen-bond acceptors (Lipinski definition) is 4. The smallest absolute Gasteiger partial charge is 0.139 e. The van der Waals surface area contributed by atoms with Gasteiger partial charge in [-0.05, 0) is 30.7 Å². The van der Waals surface area contributed by atoms with Gasteiger partial charge in [-0.3, -0.25) is 0 Å². The van der Waals surface area contributed by atoms with E-state index in [-0.39, 0.29) is 17.9 Å². The number of aliphatic hydroxyl groups excluding tert-OH is 1. The van der Waals surface area contributed by atoms with E-state index in [4.69, 9.17) is 10.9 Å². The minimum absolute atomic E-state index is 0.0245. The Bertz CT molecular complexity index is 471. The summed E-state index contributed by atoms with van der Waals surface area (Å²) < 4.78 is 0. The fourth-order valence-corrected chi connectivity index (χ4v) is 2.45. The molecule has 20 heavy (non-hydrogen) atoms. The Balaban J connectivity index is 2.01. The molecule has 1 aromatic carbocycles. The Labute approximate surface area is 119 Å². The molecule has 5 nitrogen and oxygen atoms in total. The summed E-state index contributed by atoms with van der Waals surface area (Å²) >= 11 is 0. The molecule has 0 saturated heterocycles. The van der Waals surface area contributed by atoms with Gasteiger partial charge < -0.3 is 21.4 Å². The molecule has 1 aromatic rings. The molecule has 1 unspecified atom stereocenters. The number of amidine groups is 1. The average Bonchev–Trinajstić information content (AvgIpc) is 3.25. The topological polar surface area (TPSA) is 90.9 Å². The van der Waals surface area contributed by atoms with Gasteiger partial charge in [-0.15, -0.1) is 0 Å². The Kier molecular flexibility index (Phi) is 4.30. The van der Waals surface area contributed by atoms with Gasteiger partial charge >= 0.3 is 0 Å². The first-order chi connectivity index (χ1) is 9.53. The molecule has 0 spiro atoms. The highest BCUT2D eigenvalue weighted by atomic mass is 16.4. The lowest BCUT2D eigenvalue weighted by atomic mass is 9.91. The lowest BCUT2D eigenvalue weighted by molar-refractivity contribution is 0.167. The summed E-state index contributed by atoms with van der Waals surface area (Å²) in [5.41, 5.74) is 6.26. The molecule has 1 saturated carbocycles. The monoisotopic (exact) mass is 277 g/mol. The second-order valence-corrected chi connectivity index (χ2v) is 5.98. The van der Waals surface area contributed by atoms with Crippen LogP contribution in [0, 0.1) is 5.41 Å². The molecule has 0 aliphatic heterocycles. The number of nitrogens with zero attached hydrogens (tertiary/aromatic N) is 1. The predicted molar refractivity (Wildman–Crippen MR) is 78.6 cm³/mol. The third-order valence-electron chi connectivity index (χ3n) is 4.22. The van der Waals surface area contributed by atoms with E-state index in [1.807, 2.05) is 37.3 Å².